The molecule has 0 radical (unpaired) electrons. The molecule has 1 saturated carbocycles. The zero-order valence-electron chi connectivity index (χ0n) is 13.0. The minimum Gasteiger partial charge on any atom is -0.383 e. The summed E-state index contributed by atoms with van der Waals surface area (Å²) in [6.07, 6.45) is 9.39. The van der Waals surface area contributed by atoms with Gasteiger partial charge in [0, 0.05) is 7.11 Å². The molecule has 2 atom stereocenters. The van der Waals surface area contributed by atoms with Gasteiger partial charge in [-0.3, -0.25) is 0 Å². The Kier molecular flexibility index (Phi) is 4.42. The lowest BCUT2D eigenvalue weighted by atomic mass is 9.65. The second-order valence-corrected chi connectivity index (χ2v) is 7.70. The topological polar surface area (TPSA) is 29.5 Å². The summed E-state index contributed by atoms with van der Waals surface area (Å²) in [4.78, 5) is 0. The summed E-state index contributed by atoms with van der Waals surface area (Å²) in [7, 11) is 1.67. The van der Waals surface area contributed by atoms with Crippen molar-refractivity contribution in [3.05, 3.63) is 11.6 Å². The molecule has 2 heteroatoms. The molecular weight excluding hydrogens is 236 g/mol. The summed E-state index contributed by atoms with van der Waals surface area (Å²) in [5.41, 5.74) is 1.13. The van der Waals surface area contributed by atoms with Crippen molar-refractivity contribution in [2.24, 2.45) is 17.3 Å². The molecule has 0 aromatic carbocycles. The largest absolute Gasteiger partial charge is 0.383 e. The third-order valence-electron chi connectivity index (χ3n) is 5.16. The van der Waals surface area contributed by atoms with Gasteiger partial charge in [0.05, 0.1) is 6.61 Å². The van der Waals surface area contributed by atoms with Gasteiger partial charge >= 0.3 is 0 Å². The fraction of sp³-hybridized carbons (Fsp3) is 0.882. The van der Waals surface area contributed by atoms with Crippen LogP contribution in [-0.4, -0.2) is 24.4 Å². The molecule has 19 heavy (non-hydrogen) atoms. The van der Waals surface area contributed by atoms with Crippen LogP contribution in [0.25, 0.3) is 0 Å². The summed E-state index contributed by atoms with van der Waals surface area (Å²) in [5.74, 6) is 1.43. The van der Waals surface area contributed by atoms with E-state index in [1.54, 1.807) is 7.11 Å². The molecule has 0 aromatic rings. The highest BCUT2D eigenvalue weighted by atomic mass is 16.5. The predicted molar refractivity (Wildman–Crippen MR) is 79.0 cm³/mol. The highest BCUT2D eigenvalue weighted by Gasteiger charge is 2.38. The summed E-state index contributed by atoms with van der Waals surface area (Å²) < 4.78 is 5.21. The van der Waals surface area contributed by atoms with E-state index in [0.29, 0.717) is 17.9 Å². The highest BCUT2D eigenvalue weighted by molar-refractivity contribution is 5.15. The van der Waals surface area contributed by atoms with Crippen LogP contribution in [0.1, 0.15) is 59.3 Å². The maximum absolute atomic E-state index is 10.6. The highest BCUT2D eigenvalue weighted by Crippen LogP contribution is 2.45. The van der Waals surface area contributed by atoms with Crippen LogP contribution in [-0.2, 0) is 4.74 Å². The second-order valence-electron chi connectivity index (χ2n) is 7.70. The quantitative estimate of drug-likeness (QED) is 0.784. The number of allylic oxidation sites excluding steroid dienone is 1. The minimum atomic E-state index is -0.727. The molecule has 2 rings (SSSR count). The van der Waals surface area contributed by atoms with Crippen molar-refractivity contribution in [1.29, 1.82) is 0 Å². The number of hydrogen-bond donors (Lipinski definition) is 1. The first-order valence-corrected chi connectivity index (χ1v) is 7.73. The van der Waals surface area contributed by atoms with Crippen LogP contribution >= 0.6 is 0 Å². The van der Waals surface area contributed by atoms with E-state index >= 15 is 0 Å². The Balaban J connectivity index is 2.01. The third kappa shape index (κ3) is 3.82. The van der Waals surface area contributed by atoms with Gasteiger partial charge in [0.1, 0.15) is 5.60 Å². The van der Waals surface area contributed by atoms with Crippen molar-refractivity contribution in [3.8, 4) is 0 Å². The van der Waals surface area contributed by atoms with Gasteiger partial charge < -0.3 is 9.84 Å². The van der Waals surface area contributed by atoms with E-state index in [-0.39, 0.29) is 0 Å². The molecule has 0 aliphatic heterocycles. The van der Waals surface area contributed by atoms with Crippen LogP contribution in [0.2, 0.25) is 0 Å². The van der Waals surface area contributed by atoms with Gasteiger partial charge in [0.15, 0.2) is 0 Å². The smallest absolute Gasteiger partial charge is 0.106 e. The number of hydrogen-bond acceptors (Lipinski definition) is 2. The van der Waals surface area contributed by atoms with Crippen molar-refractivity contribution in [2.75, 3.05) is 13.7 Å². The summed E-state index contributed by atoms with van der Waals surface area (Å²) in [6, 6.07) is 0. The first kappa shape index (κ1) is 15.1. The van der Waals surface area contributed by atoms with Gasteiger partial charge in [-0.1, -0.05) is 25.5 Å². The molecule has 1 N–H and O–H groups in total. The molecule has 1 fully saturated rings. The van der Waals surface area contributed by atoms with Crippen molar-refractivity contribution in [1.82, 2.24) is 0 Å². The average molecular weight is 266 g/mol. The van der Waals surface area contributed by atoms with E-state index in [0.717, 1.165) is 18.8 Å². The molecule has 0 heterocycles. The zero-order chi connectivity index (χ0) is 14.1. The van der Waals surface area contributed by atoms with Crippen LogP contribution in [0, 0.1) is 17.3 Å². The standard InChI is InChI=1S/C17H30O2/c1-13-9-15(11-17(18,10-13)12-19-4)14-5-7-16(2,3)8-6-14/h10,14-15,18H,5-9,11-12H2,1-4H3. The van der Waals surface area contributed by atoms with Crippen LogP contribution in [0.3, 0.4) is 0 Å². The predicted octanol–water partition coefficient (Wildman–Crippen LogP) is 3.94. The Bertz CT molecular complexity index is 335. The summed E-state index contributed by atoms with van der Waals surface area (Å²) >= 11 is 0. The fourth-order valence-corrected chi connectivity index (χ4v) is 4.09. The first-order valence-electron chi connectivity index (χ1n) is 7.73. The second kappa shape index (κ2) is 5.57. The molecule has 0 amide bonds. The van der Waals surface area contributed by atoms with E-state index in [1.165, 1.54) is 31.3 Å². The van der Waals surface area contributed by atoms with Crippen LogP contribution in [0.15, 0.2) is 11.6 Å². The molecular formula is C17H30O2. The monoisotopic (exact) mass is 266 g/mol. The van der Waals surface area contributed by atoms with Crippen LogP contribution in [0.5, 0.6) is 0 Å². The molecule has 0 saturated heterocycles. The Morgan fingerprint density at radius 3 is 2.47 bits per heavy atom. The van der Waals surface area contributed by atoms with E-state index < -0.39 is 5.60 Å². The normalized spacial score (nSPS) is 36.1. The van der Waals surface area contributed by atoms with Crippen LogP contribution in [0.4, 0.5) is 0 Å². The fourth-order valence-electron chi connectivity index (χ4n) is 4.09. The lowest BCUT2D eigenvalue weighted by Crippen LogP contribution is -2.40. The third-order valence-corrected chi connectivity index (χ3v) is 5.16. The van der Waals surface area contributed by atoms with Crippen molar-refractivity contribution in [2.45, 2.75) is 64.9 Å². The zero-order valence-corrected chi connectivity index (χ0v) is 13.0. The molecule has 0 bridgehead atoms. The molecule has 0 spiro atoms. The number of aliphatic hydroxyl groups is 1. The number of rotatable bonds is 3. The van der Waals surface area contributed by atoms with Crippen molar-refractivity contribution < 1.29 is 9.84 Å². The Hall–Kier alpha value is -0.340. The SMILES string of the molecule is COCC1(O)C=C(C)CC(C2CCC(C)(C)CC2)C1. The maximum Gasteiger partial charge on any atom is 0.106 e. The van der Waals surface area contributed by atoms with Gasteiger partial charge in [0.25, 0.3) is 0 Å². The van der Waals surface area contributed by atoms with Crippen LogP contribution < -0.4 is 0 Å². The summed E-state index contributed by atoms with van der Waals surface area (Å²) in [5, 5.41) is 10.6. The number of methoxy groups -OCH3 is 1. The Morgan fingerprint density at radius 2 is 1.89 bits per heavy atom. The average Bonchev–Trinajstić information content (AvgIpc) is 2.27. The van der Waals surface area contributed by atoms with Crippen molar-refractivity contribution >= 4 is 0 Å². The number of ether oxygens (including phenoxy) is 1. The molecule has 2 aliphatic carbocycles. The van der Waals surface area contributed by atoms with E-state index in [1.807, 2.05) is 6.08 Å². The van der Waals surface area contributed by atoms with E-state index in [4.69, 9.17) is 4.74 Å². The van der Waals surface area contributed by atoms with E-state index in [2.05, 4.69) is 20.8 Å². The van der Waals surface area contributed by atoms with Gasteiger partial charge in [-0.05, 0) is 62.7 Å². The molecule has 0 aromatic heterocycles. The molecule has 110 valence electrons. The van der Waals surface area contributed by atoms with Gasteiger partial charge in [0.2, 0.25) is 0 Å². The minimum absolute atomic E-state index is 0.430. The van der Waals surface area contributed by atoms with Gasteiger partial charge in [-0.15, -0.1) is 0 Å². The maximum atomic E-state index is 10.6. The first-order chi connectivity index (χ1) is 8.84. The van der Waals surface area contributed by atoms with Gasteiger partial charge in [-0.25, -0.2) is 0 Å². The molecule has 2 aliphatic rings. The van der Waals surface area contributed by atoms with E-state index in [9.17, 15) is 5.11 Å². The Morgan fingerprint density at radius 1 is 1.26 bits per heavy atom. The lowest BCUT2D eigenvalue weighted by molar-refractivity contribution is -0.0279. The Labute approximate surface area is 118 Å². The lowest BCUT2D eigenvalue weighted by Gasteiger charge is -2.42. The molecule has 2 nitrogen and oxygen atoms in total. The summed E-state index contributed by atoms with van der Waals surface area (Å²) in [6.45, 7) is 7.35. The molecule has 2 unspecified atom stereocenters. The van der Waals surface area contributed by atoms with Crippen molar-refractivity contribution in [3.63, 3.8) is 0 Å². The van der Waals surface area contributed by atoms with Gasteiger partial charge in [-0.2, -0.15) is 0 Å².